The van der Waals surface area contributed by atoms with Crippen molar-refractivity contribution >= 4 is 22.2 Å². The monoisotopic (exact) mass is 281 g/mol. The maximum Gasteiger partial charge on any atom is 0.0461 e. The Morgan fingerprint density at radius 2 is 1.95 bits per heavy atom. The molecule has 1 aromatic carbocycles. The Labute approximate surface area is 126 Å². The second kappa shape index (κ2) is 5.23. The zero-order valence-electron chi connectivity index (χ0n) is 12.7. The van der Waals surface area contributed by atoms with Gasteiger partial charge in [0.15, 0.2) is 0 Å². The van der Waals surface area contributed by atoms with E-state index in [9.17, 15) is 0 Å². The van der Waals surface area contributed by atoms with Gasteiger partial charge in [0.2, 0.25) is 0 Å². The van der Waals surface area contributed by atoms with Crippen molar-refractivity contribution in [1.29, 1.82) is 0 Å². The molecule has 3 nitrogen and oxygen atoms in total. The predicted molar refractivity (Wildman–Crippen MR) is 89.8 cm³/mol. The van der Waals surface area contributed by atoms with Crippen molar-refractivity contribution in [3.63, 3.8) is 0 Å². The number of fused-ring (bicyclic) bond motifs is 1. The molecule has 0 aliphatic carbocycles. The number of nitrogens with zero attached hydrogens (tertiary/aromatic N) is 2. The van der Waals surface area contributed by atoms with E-state index >= 15 is 0 Å². The third-order valence-corrected chi connectivity index (χ3v) is 4.89. The molecule has 0 saturated carbocycles. The summed E-state index contributed by atoms with van der Waals surface area (Å²) in [6, 6.07) is 6.88. The van der Waals surface area contributed by atoms with Crippen LogP contribution in [0.5, 0.6) is 0 Å². The van der Waals surface area contributed by atoms with Crippen LogP contribution in [0.25, 0.3) is 16.5 Å². The zero-order chi connectivity index (χ0) is 14.2. The van der Waals surface area contributed by atoms with Crippen molar-refractivity contribution in [2.75, 3.05) is 38.1 Å². The summed E-state index contributed by atoms with van der Waals surface area (Å²) in [6.45, 7) is 4.63. The normalized spacial score (nSPS) is 20.2. The lowest BCUT2D eigenvalue weighted by atomic mass is 9.99. The third-order valence-electron chi connectivity index (χ3n) is 4.89. The first-order valence-corrected chi connectivity index (χ1v) is 8.05. The highest BCUT2D eigenvalue weighted by atomic mass is 15.1. The molecule has 1 N–H and O–H groups in total. The molecule has 0 radical (unpaired) electrons. The first kappa shape index (κ1) is 13.0. The number of hydrogen-bond acceptors (Lipinski definition) is 2. The van der Waals surface area contributed by atoms with E-state index in [-0.39, 0.29) is 0 Å². The van der Waals surface area contributed by atoms with Crippen LogP contribution in [0.2, 0.25) is 0 Å². The largest absolute Gasteiger partial charge is 0.372 e. The molecule has 0 unspecified atom stereocenters. The molecule has 2 aromatic rings. The van der Waals surface area contributed by atoms with Gasteiger partial charge < -0.3 is 14.8 Å². The Bertz CT molecular complexity index is 677. The number of likely N-dealkylation sites (N-methyl/N-ethyl adjacent to an activating group) is 1. The first-order chi connectivity index (χ1) is 10.3. The van der Waals surface area contributed by atoms with Gasteiger partial charge in [0.05, 0.1) is 0 Å². The van der Waals surface area contributed by atoms with Gasteiger partial charge in [-0.1, -0.05) is 6.08 Å². The molecule has 2 aliphatic rings. The maximum atomic E-state index is 3.44. The number of nitrogens with one attached hydrogen (secondary N) is 1. The number of aromatic nitrogens is 1. The molecular weight excluding hydrogens is 258 g/mol. The van der Waals surface area contributed by atoms with Crippen molar-refractivity contribution < 1.29 is 0 Å². The van der Waals surface area contributed by atoms with Crippen LogP contribution < -0.4 is 4.90 Å². The summed E-state index contributed by atoms with van der Waals surface area (Å²) < 4.78 is 0. The molecule has 1 fully saturated rings. The Kier molecular flexibility index (Phi) is 3.23. The highest BCUT2D eigenvalue weighted by Gasteiger charge is 2.16. The summed E-state index contributed by atoms with van der Waals surface area (Å²) in [6.07, 6.45) is 8.38. The van der Waals surface area contributed by atoms with Crippen LogP contribution in [0.4, 0.5) is 5.69 Å². The Hall–Kier alpha value is -1.74. The van der Waals surface area contributed by atoms with Gasteiger partial charge in [-0.25, -0.2) is 0 Å². The highest BCUT2D eigenvalue weighted by molar-refractivity contribution is 5.94. The van der Waals surface area contributed by atoms with Crippen molar-refractivity contribution in [3.8, 4) is 0 Å². The molecule has 0 bridgehead atoms. The Morgan fingerprint density at radius 3 is 2.71 bits per heavy atom. The van der Waals surface area contributed by atoms with Gasteiger partial charge in [0, 0.05) is 54.5 Å². The lowest BCUT2D eigenvalue weighted by Crippen LogP contribution is -2.23. The molecule has 2 aliphatic heterocycles. The number of anilines is 1. The minimum Gasteiger partial charge on any atom is -0.372 e. The maximum absolute atomic E-state index is 3.44. The summed E-state index contributed by atoms with van der Waals surface area (Å²) in [4.78, 5) is 8.32. The standard InChI is InChI=1S/C18H23N3/c1-20-10-6-14(7-11-20)17-13-19-18-5-4-15(12-16(17)18)21-8-2-3-9-21/h4-6,12-13,19H,2-3,7-11H2,1H3. The van der Waals surface area contributed by atoms with Crippen molar-refractivity contribution in [1.82, 2.24) is 9.88 Å². The van der Waals surface area contributed by atoms with Crippen molar-refractivity contribution in [2.45, 2.75) is 19.3 Å². The molecule has 1 saturated heterocycles. The molecule has 0 atom stereocenters. The molecule has 0 amide bonds. The lowest BCUT2D eigenvalue weighted by Gasteiger charge is -2.22. The van der Waals surface area contributed by atoms with Crippen LogP contribution in [-0.2, 0) is 0 Å². The molecule has 21 heavy (non-hydrogen) atoms. The second-order valence-corrected chi connectivity index (χ2v) is 6.37. The molecule has 3 heterocycles. The molecule has 0 spiro atoms. The number of aromatic amines is 1. The molecule has 1 aromatic heterocycles. The second-order valence-electron chi connectivity index (χ2n) is 6.37. The van der Waals surface area contributed by atoms with E-state index in [2.05, 4.69) is 52.3 Å². The van der Waals surface area contributed by atoms with Crippen LogP contribution in [0, 0.1) is 0 Å². The summed E-state index contributed by atoms with van der Waals surface area (Å²) in [7, 11) is 2.19. The average Bonchev–Trinajstić information content (AvgIpc) is 3.17. The van der Waals surface area contributed by atoms with Gasteiger partial charge in [-0.15, -0.1) is 0 Å². The van der Waals surface area contributed by atoms with E-state index in [1.54, 1.807) is 0 Å². The number of rotatable bonds is 2. The van der Waals surface area contributed by atoms with E-state index in [4.69, 9.17) is 0 Å². The van der Waals surface area contributed by atoms with Crippen molar-refractivity contribution in [3.05, 3.63) is 36.0 Å². The lowest BCUT2D eigenvalue weighted by molar-refractivity contribution is 0.370. The smallest absolute Gasteiger partial charge is 0.0461 e. The van der Waals surface area contributed by atoms with Crippen LogP contribution in [0.15, 0.2) is 30.5 Å². The fourth-order valence-corrected chi connectivity index (χ4v) is 3.56. The van der Waals surface area contributed by atoms with Gasteiger partial charge >= 0.3 is 0 Å². The zero-order valence-corrected chi connectivity index (χ0v) is 12.7. The van der Waals surface area contributed by atoms with E-state index < -0.39 is 0 Å². The average molecular weight is 281 g/mol. The minimum absolute atomic E-state index is 1.06. The van der Waals surface area contributed by atoms with Crippen molar-refractivity contribution in [2.24, 2.45) is 0 Å². The summed E-state index contributed by atoms with van der Waals surface area (Å²) >= 11 is 0. The molecular formula is C18H23N3. The molecule has 4 rings (SSSR count). The number of hydrogen-bond donors (Lipinski definition) is 1. The summed E-state index contributed by atoms with van der Waals surface area (Å²) in [5.41, 5.74) is 5.54. The van der Waals surface area contributed by atoms with Gasteiger partial charge in [-0.3, -0.25) is 0 Å². The van der Waals surface area contributed by atoms with E-state index in [1.165, 1.54) is 53.7 Å². The SMILES string of the molecule is CN1CC=C(c2c[nH]c3ccc(N4CCCC4)cc23)CC1. The topological polar surface area (TPSA) is 22.3 Å². The predicted octanol–water partition coefficient (Wildman–Crippen LogP) is 3.49. The van der Waals surface area contributed by atoms with E-state index in [0.717, 1.165) is 19.5 Å². The van der Waals surface area contributed by atoms with Gasteiger partial charge in [-0.05, 0) is 50.1 Å². The number of H-pyrrole nitrogens is 1. The van der Waals surface area contributed by atoms with Crippen LogP contribution in [0.1, 0.15) is 24.8 Å². The van der Waals surface area contributed by atoms with Gasteiger partial charge in [0.1, 0.15) is 0 Å². The highest BCUT2D eigenvalue weighted by Crippen LogP contribution is 2.32. The third kappa shape index (κ3) is 2.36. The quantitative estimate of drug-likeness (QED) is 0.910. The fraction of sp³-hybridized carbons (Fsp3) is 0.444. The van der Waals surface area contributed by atoms with E-state index in [0.29, 0.717) is 0 Å². The minimum atomic E-state index is 1.06. The Balaban J connectivity index is 1.74. The molecule has 110 valence electrons. The van der Waals surface area contributed by atoms with Gasteiger partial charge in [-0.2, -0.15) is 0 Å². The first-order valence-electron chi connectivity index (χ1n) is 8.05. The summed E-state index contributed by atoms with van der Waals surface area (Å²) in [5.74, 6) is 0. The number of benzene rings is 1. The fourth-order valence-electron chi connectivity index (χ4n) is 3.56. The van der Waals surface area contributed by atoms with Crippen LogP contribution in [-0.4, -0.2) is 43.1 Å². The molecule has 3 heteroatoms. The summed E-state index contributed by atoms with van der Waals surface area (Å²) in [5, 5.41) is 1.38. The van der Waals surface area contributed by atoms with Gasteiger partial charge in [0.25, 0.3) is 0 Å². The Morgan fingerprint density at radius 1 is 1.10 bits per heavy atom. The van der Waals surface area contributed by atoms with Crippen LogP contribution >= 0.6 is 0 Å². The van der Waals surface area contributed by atoms with E-state index in [1.807, 2.05) is 0 Å². The van der Waals surface area contributed by atoms with Crippen LogP contribution in [0.3, 0.4) is 0 Å².